The number of benzene rings is 1. The van der Waals surface area contributed by atoms with Gasteiger partial charge in [0.25, 0.3) is 5.91 Å². The number of nitrogens with zero attached hydrogens (tertiary/aromatic N) is 1. The van der Waals surface area contributed by atoms with Crippen molar-refractivity contribution in [2.45, 2.75) is 31.5 Å². The molecule has 2 fully saturated rings. The molecule has 2 atom stereocenters. The zero-order valence-corrected chi connectivity index (χ0v) is 12.5. The normalized spacial score (nSPS) is 25.9. The van der Waals surface area contributed by atoms with Gasteiger partial charge in [0.1, 0.15) is 6.10 Å². The third-order valence-corrected chi connectivity index (χ3v) is 4.51. The predicted molar refractivity (Wildman–Crippen MR) is 80.2 cm³/mol. The molecule has 0 aromatic heterocycles. The van der Waals surface area contributed by atoms with Gasteiger partial charge >= 0.3 is 0 Å². The lowest BCUT2D eigenvalue weighted by Crippen LogP contribution is -2.38. The fourth-order valence-electron chi connectivity index (χ4n) is 3.16. The van der Waals surface area contributed by atoms with E-state index in [9.17, 15) is 4.79 Å². The lowest BCUT2D eigenvalue weighted by molar-refractivity contribution is 0.0683. The topological polar surface area (TPSA) is 42.1 Å². The fraction of sp³-hybridized carbons (Fsp3) is 0.588. The molecule has 0 radical (unpaired) electrons. The van der Waals surface area contributed by atoms with Crippen LogP contribution in [-0.2, 0) is 9.47 Å². The van der Waals surface area contributed by atoms with Crippen LogP contribution in [0.1, 0.15) is 29.6 Å². The average Bonchev–Trinajstić information content (AvgIpc) is 3.26. The SMILES string of the molecule is COC[C@@H]1O[C@H]1CC1CCN(C(=O)c2ccccc2)CC1. The third-order valence-electron chi connectivity index (χ3n) is 4.51. The molecule has 114 valence electrons. The zero-order chi connectivity index (χ0) is 14.7. The number of carbonyl (C=O) groups excluding carboxylic acids is 1. The molecule has 0 bridgehead atoms. The lowest BCUT2D eigenvalue weighted by Gasteiger charge is -2.32. The van der Waals surface area contributed by atoms with Gasteiger partial charge in [-0.15, -0.1) is 0 Å². The smallest absolute Gasteiger partial charge is 0.253 e. The first kappa shape index (κ1) is 14.5. The number of epoxide rings is 1. The van der Waals surface area contributed by atoms with E-state index in [0.717, 1.165) is 37.9 Å². The van der Waals surface area contributed by atoms with E-state index < -0.39 is 0 Å². The molecule has 2 heterocycles. The monoisotopic (exact) mass is 289 g/mol. The van der Waals surface area contributed by atoms with E-state index in [0.29, 0.717) is 24.7 Å². The van der Waals surface area contributed by atoms with Crippen molar-refractivity contribution in [1.82, 2.24) is 4.90 Å². The van der Waals surface area contributed by atoms with Crippen LogP contribution >= 0.6 is 0 Å². The van der Waals surface area contributed by atoms with Crippen molar-refractivity contribution in [3.8, 4) is 0 Å². The van der Waals surface area contributed by atoms with Crippen LogP contribution in [0.3, 0.4) is 0 Å². The fourth-order valence-corrected chi connectivity index (χ4v) is 3.16. The van der Waals surface area contributed by atoms with Crippen LogP contribution in [0.5, 0.6) is 0 Å². The summed E-state index contributed by atoms with van der Waals surface area (Å²) in [4.78, 5) is 14.3. The summed E-state index contributed by atoms with van der Waals surface area (Å²) < 4.78 is 10.7. The second-order valence-corrected chi connectivity index (χ2v) is 6.01. The Labute approximate surface area is 126 Å². The van der Waals surface area contributed by atoms with Gasteiger partial charge < -0.3 is 14.4 Å². The van der Waals surface area contributed by atoms with Gasteiger partial charge in [0.05, 0.1) is 12.7 Å². The van der Waals surface area contributed by atoms with Crippen molar-refractivity contribution in [2.24, 2.45) is 5.92 Å². The van der Waals surface area contributed by atoms with Crippen molar-refractivity contribution >= 4 is 5.91 Å². The van der Waals surface area contributed by atoms with Crippen molar-refractivity contribution in [3.63, 3.8) is 0 Å². The number of likely N-dealkylation sites (tertiary alicyclic amines) is 1. The van der Waals surface area contributed by atoms with Gasteiger partial charge in [0, 0.05) is 25.8 Å². The highest BCUT2D eigenvalue weighted by Gasteiger charge is 2.40. The van der Waals surface area contributed by atoms with Crippen molar-refractivity contribution in [1.29, 1.82) is 0 Å². The molecule has 0 aliphatic carbocycles. The summed E-state index contributed by atoms with van der Waals surface area (Å²) in [7, 11) is 1.71. The highest BCUT2D eigenvalue weighted by atomic mass is 16.6. The Balaban J connectivity index is 1.44. The first-order valence-electron chi connectivity index (χ1n) is 7.76. The van der Waals surface area contributed by atoms with Crippen molar-refractivity contribution in [2.75, 3.05) is 26.8 Å². The summed E-state index contributed by atoms with van der Waals surface area (Å²) in [5, 5.41) is 0. The molecule has 1 aromatic rings. The summed E-state index contributed by atoms with van der Waals surface area (Å²) in [5.41, 5.74) is 0.793. The van der Waals surface area contributed by atoms with Gasteiger partial charge in [0.2, 0.25) is 0 Å². The Morgan fingerprint density at radius 1 is 1.24 bits per heavy atom. The highest BCUT2D eigenvalue weighted by molar-refractivity contribution is 5.94. The van der Waals surface area contributed by atoms with Crippen LogP contribution < -0.4 is 0 Å². The molecule has 2 saturated heterocycles. The van der Waals surface area contributed by atoms with Crippen LogP contribution in [0.15, 0.2) is 30.3 Å². The third kappa shape index (κ3) is 3.63. The Morgan fingerprint density at radius 2 is 1.95 bits per heavy atom. The molecule has 2 aliphatic rings. The first-order valence-corrected chi connectivity index (χ1v) is 7.76. The zero-order valence-electron chi connectivity index (χ0n) is 12.5. The molecule has 0 spiro atoms. The molecule has 4 nitrogen and oxygen atoms in total. The van der Waals surface area contributed by atoms with Gasteiger partial charge in [-0.3, -0.25) is 4.79 Å². The van der Waals surface area contributed by atoms with Crippen LogP contribution in [-0.4, -0.2) is 49.8 Å². The minimum absolute atomic E-state index is 0.161. The lowest BCUT2D eigenvalue weighted by atomic mass is 9.91. The Kier molecular flexibility index (Phi) is 4.56. The Morgan fingerprint density at radius 3 is 2.62 bits per heavy atom. The molecule has 0 saturated carbocycles. The predicted octanol–water partition coefficient (Wildman–Crippen LogP) is 2.34. The van der Waals surface area contributed by atoms with E-state index in [1.807, 2.05) is 35.2 Å². The maximum atomic E-state index is 12.4. The number of hydrogen-bond donors (Lipinski definition) is 0. The number of piperidine rings is 1. The second kappa shape index (κ2) is 6.58. The van der Waals surface area contributed by atoms with Gasteiger partial charge in [0.15, 0.2) is 0 Å². The molecule has 1 amide bonds. The molecular weight excluding hydrogens is 266 g/mol. The molecule has 1 aromatic carbocycles. The second-order valence-electron chi connectivity index (χ2n) is 6.01. The van der Waals surface area contributed by atoms with Crippen LogP contribution in [0, 0.1) is 5.92 Å². The maximum Gasteiger partial charge on any atom is 0.253 e. The Bertz CT molecular complexity index is 468. The number of hydrogen-bond acceptors (Lipinski definition) is 3. The number of amides is 1. The molecule has 2 aliphatic heterocycles. The standard InChI is InChI=1S/C17H23NO3/c1-20-12-16-15(21-16)11-13-7-9-18(10-8-13)17(19)14-5-3-2-4-6-14/h2-6,13,15-16H,7-12H2,1H3/t15-,16-/m0/s1. The summed E-state index contributed by atoms with van der Waals surface area (Å²) in [5.74, 6) is 0.839. The maximum absolute atomic E-state index is 12.4. The summed E-state index contributed by atoms with van der Waals surface area (Å²) >= 11 is 0. The number of rotatable bonds is 5. The number of ether oxygens (including phenoxy) is 2. The van der Waals surface area contributed by atoms with Gasteiger partial charge in [-0.1, -0.05) is 18.2 Å². The van der Waals surface area contributed by atoms with E-state index in [1.165, 1.54) is 0 Å². The van der Waals surface area contributed by atoms with Crippen molar-refractivity contribution < 1.29 is 14.3 Å². The molecule has 0 unspecified atom stereocenters. The molecule has 3 rings (SSSR count). The summed E-state index contributed by atoms with van der Waals surface area (Å²) in [6.45, 7) is 2.43. The molecule has 0 N–H and O–H groups in total. The average molecular weight is 289 g/mol. The van der Waals surface area contributed by atoms with E-state index in [1.54, 1.807) is 7.11 Å². The largest absolute Gasteiger partial charge is 0.382 e. The van der Waals surface area contributed by atoms with Gasteiger partial charge in [-0.05, 0) is 37.3 Å². The molecule has 21 heavy (non-hydrogen) atoms. The minimum atomic E-state index is 0.161. The molecule has 4 heteroatoms. The Hall–Kier alpha value is -1.39. The van der Waals surface area contributed by atoms with Crippen LogP contribution in [0.25, 0.3) is 0 Å². The van der Waals surface area contributed by atoms with Crippen LogP contribution in [0.4, 0.5) is 0 Å². The van der Waals surface area contributed by atoms with E-state index in [4.69, 9.17) is 9.47 Å². The first-order chi connectivity index (χ1) is 10.3. The summed E-state index contributed by atoms with van der Waals surface area (Å²) in [6, 6.07) is 9.55. The van der Waals surface area contributed by atoms with E-state index in [2.05, 4.69) is 0 Å². The quantitative estimate of drug-likeness (QED) is 0.781. The van der Waals surface area contributed by atoms with Gasteiger partial charge in [-0.25, -0.2) is 0 Å². The number of methoxy groups -OCH3 is 1. The van der Waals surface area contributed by atoms with E-state index >= 15 is 0 Å². The minimum Gasteiger partial charge on any atom is -0.382 e. The van der Waals surface area contributed by atoms with E-state index in [-0.39, 0.29) is 5.91 Å². The van der Waals surface area contributed by atoms with Crippen molar-refractivity contribution in [3.05, 3.63) is 35.9 Å². The number of carbonyl (C=O) groups is 1. The molecular formula is C17H23NO3. The van der Waals surface area contributed by atoms with Gasteiger partial charge in [-0.2, -0.15) is 0 Å². The van der Waals surface area contributed by atoms with Crippen LogP contribution in [0.2, 0.25) is 0 Å². The highest BCUT2D eigenvalue weighted by Crippen LogP contribution is 2.33. The summed E-state index contributed by atoms with van der Waals surface area (Å²) in [6.07, 6.45) is 3.96.